The zero-order valence-corrected chi connectivity index (χ0v) is 19.6. The Bertz CT molecular complexity index is 1050. The van der Waals surface area contributed by atoms with Crippen molar-refractivity contribution in [3.05, 3.63) is 78.4 Å². The molecule has 0 unspecified atom stereocenters. The van der Waals surface area contributed by atoms with Crippen LogP contribution in [0, 0.1) is 0 Å². The third kappa shape index (κ3) is 8.24. The second-order valence-electron chi connectivity index (χ2n) is 7.52. The SMILES string of the molecule is COC(=O)c1cccc(OCCCCCCOc2ccc(N=Nc3ccc(OC)cc3)cc2)c1. The number of esters is 1. The van der Waals surface area contributed by atoms with Crippen LogP contribution in [0.15, 0.2) is 83.0 Å². The third-order valence-corrected chi connectivity index (χ3v) is 5.02. The van der Waals surface area contributed by atoms with Gasteiger partial charge < -0.3 is 18.9 Å². The van der Waals surface area contributed by atoms with Gasteiger partial charge >= 0.3 is 5.97 Å². The fraction of sp³-hybridized carbons (Fsp3) is 0.296. The number of unbranched alkanes of at least 4 members (excludes halogenated alkanes) is 3. The summed E-state index contributed by atoms with van der Waals surface area (Å²) in [6, 6.07) is 22.0. The van der Waals surface area contributed by atoms with Crippen molar-refractivity contribution in [3.63, 3.8) is 0 Å². The fourth-order valence-electron chi connectivity index (χ4n) is 3.14. The van der Waals surface area contributed by atoms with E-state index in [9.17, 15) is 4.79 Å². The smallest absolute Gasteiger partial charge is 0.337 e. The van der Waals surface area contributed by atoms with E-state index < -0.39 is 0 Å². The number of hydrogen-bond donors (Lipinski definition) is 0. The van der Waals surface area contributed by atoms with Crippen molar-refractivity contribution in [1.29, 1.82) is 0 Å². The van der Waals surface area contributed by atoms with Crippen molar-refractivity contribution in [2.75, 3.05) is 27.4 Å². The van der Waals surface area contributed by atoms with Crippen LogP contribution < -0.4 is 14.2 Å². The van der Waals surface area contributed by atoms with Crippen molar-refractivity contribution < 1.29 is 23.7 Å². The molecule has 0 heterocycles. The average molecular weight is 463 g/mol. The van der Waals surface area contributed by atoms with Crippen molar-refractivity contribution in [3.8, 4) is 17.2 Å². The van der Waals surface area contributed by atoms with E-state index in [1.165, 1.54) is 7.11 Å². The van der Waals surface area contributed by atoms with E-state index in [0.29, 0.717) is 24.5 Å². The Labute approximate surface area is 200 Å². The molecule has 7 nitrogen and oxygen atoms in total. The Morgan fingerprint density at radius 1 is 0.676 bits per heavy atom. The molecule has 3 aromatic rings. The highest BCUT2D eigenvalue weighted by molar-refractivity contribution is 5.89. The largest absolute Gasteiger partial charge is 0.497 e. The van der Waals surface area contributed by atoms with Crippen molar-refractivity contribution in [1.82, 2.24) is 0 Å². The van der Waals surface area contributed by atoms with Crippen molar-refractivity contribution in [2.24, 2.45) is 10.2 Å². The number of nitrogens with zero attached hydrogens (tertiary/aromatic N) is 2. The molecule has 0 aromatic heterocycles. The second-order valence-corrected chi connectivity index (χ2v) is 7.52. The van der Waals surface area contributed by atoms with E-state index in [4.69, 9.17) is 18.9 Å². The molecule has 0 aliphatic carbocycles. The van der Waals surface area contributed by atoms with Crippen LogP contribution in [-0.4, -0.2) is 33.4 Å². The van der Waals surface area contributed by atoms with Gasteiger partial charge in [-0.3, -0.25) is 0 Å². The summed E-state index contributed by atoms with van der Waals surface area (Å²) in [5.74, 6) is 1.92. The maximum atomic E-state index is 11.6. The summed E-state index contributed by atoms with van der Waals surface area (Å²) in [7, 11) is 3.00. The maximum absolute atomic E-state index is 11.6. The number of ether oxygens (including phenoxy) is 4. The number of benzene rings is 3. The summed E-state index contributed by atoms with van der Waals surface area (Å²) in [6.07, 6.45) is 4.01. The lowest BCUT2D eigenvalue weighted by atomic mass is 10.2. The third-order valence-electron chi connectivity index (χ3n) is 5.02. The first-order valence-corrected chi connectivity index (χ1v) is 11.3. The molecule has 0 aliphatic rings. The predicted molar refractivity (Wildman–Crippen MR) is 131 cm³/mol. The van der Waals surface area contributed by atoms with E-state index in [2.05, 4.69) is 10.2 Å². The quantitative estimate of drug-likeness (QED) is 0.157. The fourth-order valence-corrected chi connectivity index (χ4v) is 3.14. The van der Waals surface area contributed by atoms with Crippen LogP contribution in [0.4, 0.5) is 11.4 Å². The van der Waals surface area contributed by atoms with Gasteiger partial charge in [-0.15, -0.1) is 0 Å². The molecule has 178 valence electrons. The zero-order chi connectivity index (χ0) is 24.0. The molecule has 0 saturated carbocycles. The minimum absolute atomic E-state index is 0.363. The van der Waals surface area contributed by atoms with Gasteiger partial charge in [0.2, 0.25) is 0 Å². The molecule has 0 aliphatic heterocycles. The van der Waals surface area contributed by atoms with Crippen LogP contribution in [0.25, 0.3) is 0 Å². The second kappa shape index (κ2) is 13.6. The standard InChI is InChI=1S/C27H30N2O5/c1-31-24-14-10-22(11-15-24)28-29-23-12-16-25(17-13-23)33-18-5-3-4-6-19-34-26-9-7-8-21(20-26)27(30)32-2/h7-17,20H,3-6,18-19H2,1-2H3. The highest BCUT2D eigenvalue weighted by Crippen LogP contribution is 2.23. The Kier molecular flexibility index (Phi) is 9.93. The summed E-state index contributed by atoms with van der Waals surface area (Å²) in [4.78, 5) is 11.6. The Balaban J connectivity index is 1.28. The molecule has 0 saturated heterocycles. The number of methoxy groups -OCH3 is 2. The van der Waals surface area contributed by atoms with Gasteiger partial charge in [-0.2, -0.15) is 10.2 Å². The summed E-state index contributed by atoms with van der Waals surface area (Å²) < 4.78 is 21.4. The topological polar surface area (TPSA) is 78.7 Å². The van der Waals surface area contributed by atoms with Crippen LogP contribution in [0.3, 0.4) is 0 Å². The van der Waals surface area contributed by atoms with Gasteiger partial charge in [-0.1, -0.05) is 6.07 Å². The number of carbonyl (C=O) groups is 1. The van der Waals surface area contributed by atoms with E-state index in [1.54, 1.807) is 25.3 Å². The van der Waals surface area contributed by atoms with E-state index >= 15 is 0 Å². The molecule has 34 heavy (non-hydrogen) atoms. The highest BCUT2D eigenvalue weighted by Gasteiger charge is 2.06. The zero-order valence-electron chi connectivity index (χ0n) is 19.6. The average Bonchev–Trinajstić information content (AvgIpc) is 2.89. The summed E-state index contributed by atoms with van der Waals surface area (Å²) >= 11 is 0. The number of rotatable bonds is 13. The molecule has 0 bridgehead atoms. The lowest BCUT2D eigenvalue weighted by Crippen LogP contribution is -2.03. The first-order valence-electron chi connectivity index (χ1n) is 11.3. The van der Waals surface area contributed by atoms with Crippen molar-refractivity contribution in [2.45, 2.75) is 25.7 Å². The molecule has 3 rings (SSSR count). The molecule has 0 N–H and O–H groups in total. The Hall–Kier alpha value is -3.87. The van der Waals surface area contributed by atoms with Crippen LogP contribution in [0.5, 0.6) is 17.2 Å². The summed E-state index contributed by atoms with van der Waals surface area (Å²) in [6.45, 7) is 1.27. The molecule has 0 spiro atoms. The van der Waals surface area contributed by atoms with Gasteiger partial charge in [-0.05, 0) is 92.4 Å². The first kappa shape index (κ1) is 24.8. The van der Waals surface area contributed by atoms with Gasteiger partial charge in [0.1, 0.15) is 17.2 Å². The molecule has 7 heteroatoms. The molecular weight excluding hydrogens is 432 g/mol. The molecule has 0 amide bonds. The lowest BCUT2D eigenvalue weighted by Gasteiger charge is -2.08. The maximum Gasteiger partial charge on any atom is 0.337 e. The first-order chi connectivity index (χ1) is 16.7. The minimum atomic E-state index is -0.363. The number of carbonyl (C=O) groups excluding carboxylic acids is 1. The van der Waals surface area contributed by atoms with Gasteiger partial charge in [-0.25, -0.2) is 4.79 Å². The van der Waals surface area contributed by atoms with E-state index in [0.717, 1.165) is 48.6 Å². The predicted octanol–water partition coefficient (Wildman–Crippen LogP) is 6.92. The normalized spacial score (nSPS) is 10.8. The van der Waals surface area contributed by atoms with Gasteiger partial charge in [0.25, 0.3) is 0 Å². The van der Waals surface area contributed by atoms with Crippen LogP contribution in [0.1, 0.15) is 36.0 Å². The Morgan fingerprint density at radius 3 is 1.79 bits per heavy atom. The van der Waals surface area contributed by atoms with E-state index in [-0.39, 0.29) is 5.97 Å². The van der Waals surface area contributed by atoms with Crippen molar-refractivity contribution >= 4 is 17.3 Å². The lowest BCUT2D eigenvalue weighted by molar-refractivity contribution is 0.0600. The molecule has 3 aromatic carbocycles. The number of azo groups is 1. The van der Waals surface area contributed by atoms with Gasteiger partial charge in [0, 0.05) is 0 Å². The highest BCUT2D eigenvalue weighted by atomic mass is 16.5. The molecular formula is C27H30N2O5. The molecule has 0 atom stereocenters. The van der Waals surface area contributed by atoms with Crippen LogP contribution in [0.2, 0.25) is 0 Å². The summed E-state index contributed by atoms with van der Waals surface area (Å²) in [5.41, 5.74) is 2.02. The van der Waals surface area contributed by atoms with E-state index in [1.807, 2.05) is 54.6 Å². The molecule has 0 radical (unpaired) electrons. The van der Waals surface area contributed by atoms with Gasteiger partial charge in [0.05, 0.1) is 44.4 Å². The Morgan fingerprint density at radius 2 is 1.24 bits per heavy atom. The monoisotopic (exact) mass is 462 g/mol. The molecule has 0 fully saturated rings. The van der Waals surface area contributed by atoms with Crippen LogP contribution >= 0.6 is 0 Å². The number of hydrogen-bond acceptors (Lipinski definition) is 7. The summed E-state index contributed by atoms with van der Waals surface area (Å²) in [5, 5.41) is 8.47. The minimum Gasteiger partial charge on any atom is -0.497 e. The van der Waals surface area contributed by atoms with Gasteiger partial charge in [0.15, 0.2) is 0 Å². The van der Waals surface area contributed by atoms with Crippen LogP contribution in [-0.2, 0) is 4.74 Å².